The van der Waals surface area contributed by atoms with Crippen LogP contribution in [0, 0.1) is 13.8 Å². The van der Waals surface area contributed by atoms with E-state index >= 15 is 0 Å². The molecule has 1 atom stereocenters. The van der Waals surface area contributed by atoms with Crippen molar-refractivity contribution in [3.05, 3.63) is 57.3 Å². The maximum atomic E-state index is 12.9. The van der Waals surface area contributed by atoms with Crippen LogP contribution in [-0.4, -0.2) is 21.1 Å². The Kier molecular flexibility index (Phi) is 5.09. The van der Waals surface area contributed by atoms with E-state index in [9.17, 15) is 9.59 Å². The lowest BCUT2D eigenvalue weighted by Crippen LogP contribution is -2.34. The fourth-order valence-corrected chi connectivity index (χ4v) is 3.49. The molecule has 1 aromatic carbocycles. The van der Waals surface area contributed by atoms with E-state index in [0.717, 1.165) is 5.56 Å². The van der Waals surface area contributed by atoms with E-state index in [1.807, 2.05) is 34.6 Å². The molecule has 0 saturated heterocycles. The van der Waals surface area contributed by atoms with Crippen LogP contribution in [0.25, 0.3) is 0 Å². The fraction of sp³-hybridized carbons (Fsp3) is 0.476. The highest BCUT2D eigenvalue weighted by Gasteiger charge is 2.34. The predicted octanol–water partition coefficient (Wildman–Crippen LogP) is 3.30. The number of anilines is 1. The van der Waals surface area contributed by atoms with Crippen LogP contribution < -0.4 is 10.9 Å². The maximum Gasteiger partial charge on any atom is 0.329 e. The van der Waals surface area contributed by atoms with Crippen LogP contribution in [-0.2, 0) is 22.5 Å². The van der Waals surface area contributed by atoms with E-state index in [2.05, 4.69) is 28.5 Å². The molecule has 2 aromatic rings. The number of hydrogen-bond acceptors (Lipinski definition) is 5. The SMILES string of the molecule is Cc1cc(C)cc(CNc2cnc3n(c2=O)C(C(=O)OC(C)(C)C)CC3)c1. The van der Waals surface area contributed by atoms with Crippen LogP contribution in [0.2, 0.25) is 0 Å². The first kappa shape index (κ1) is 19.1. The summed E-state index contributed by atoms with van der Waals surface area (Å²) in [6, 6.07) is 5.67. The molecular weight excluding hydrogens is 342 g/mol. The number of esters is 1. The van der Waals surface area contributed by atoms with Gasteiger partial charge < -0.3 is 10.1 Å². The van der Waals surface area contributed by atoms with Gasteiger partial charge in [-0.3, -0.25) is 9.36 Å². The molecule has 3 rings (SSSR count). The number of rotatable bonds is 4. The van der Waals surface area contributed by atoms with Crippen molar-refractivity contribution in [1.82, 2.24) is 9.55 Å². The average Bonchev–Trinajstić information content (AvgIpc) is 2.97. The van der Waals surface area contributed by atoms with Crippen LogP contribution in [0.3, 0.4) is 0 Å². The molecule has 0 saturated carbocycles. The number of hydrogen-bond donors (Lipinski definition) is 1. The molecule has 0 spiro atoms. The Balaban J connectivity index is 1.83. The molecule has 1 aliphatic heterocycles. The quantitative estimate of drug-likeness (QED) is 0.837. The van der Waals surface area contributed by atoms with E-state index in [4.69, 9.17) is 4.74 Å². The number of benzene rings is 1. The number of nitrogens with zero attached hydrogens (tertiary/aromatic N) is 2. The summed E-state index contributed by atoms with van der Waals surface area (Å²) >= 11 is 0. The maximum absolute atomic E-state index is 12.9. The highest BCUT2D eigenvalue weighted by Crippen LogP contribution is 2.26. The number of fused-ring (bicyclic) bond motifs is 1. The van der Waals surface area contributed by atoms with Crippen molar-refractivity contribution in [2.45, 2.75) is 65.6 Å². The molecule has 0 amide bonds. The van der Waals surface area contributed by atoms with Crippen molar-refractivity contribution >= 4 is 11.7 Å². The lowest BCUT2D eigenvalue weighted by molar-refractivity contribution is -0.158. The zero-order valence-electron chi connectivity index (χ0n) is 16.6. The second-order valence-electron chi connectivity index (χ2n) is 8.20. The Hall–Kier alpha value is -2.63. The molecule has 6 nitrogen and oxygen atoms in total. The summed E-state index contributed by atoms with van der Waals surface area (Å²) < 4.78 is 6.97. The Morgan fingerprint density at radius 3 is 2.56 bits per heavy atom. The van der Waals surface area contributed by atoms with E-state index in [-0.39, 0.29) is 11.5 Å². The minimum absolute atomic E-state index is 0.224. The normalized spacial score (nSPS) is 16.1. The third kappa shape index (κ3) is 4.38. The van der Waals surface area contributed by atoms with E-state index in [1.165, 1.54) is 15.7 Å². The van der Waals surface area contributed by atoms with Gasteiger partial charge in [-0.1, -0.05) is 29.3 Å². The van der Waals surface area contributed by atoms with Crippen LogP contribution >= 0.6 is 0 Å². The second kappa shape index (κ2) is 7.18. The zero-order chi connectivity index (χ0) is 19.8. The van der Waals surface area contributed by atoms with Crippen LogP contribution in [0.5, 0.6) is 0 Å². The molecule has 1 aromatic heterocycles. The molecule has 27 heavy (non-hydrogen) atoms. The van der Waals surface area contributed by atoms with Crippen molar-refractivity contribution < 1.29 is 9.53 Å². The fourth-order valence-electron chi connectivity index (χ4n) is 3.49. The van der Waals surface area contributed by atoms with Gasteiger partial charge in [0.1, 0.15) is 23.2 Å². The Labute approximate surface area is 159 Å². The van der Waals surface area contributed by atoms with E-state index in [0.29, 0.717) is 30.9 Å². The molecule has 1 unspecified atom stereocenters. The van der Waals surface area contributed by atoms with Gasteiger partial charge in [0, 0.05) is 13.0 Å². The van der Waals surface area contributed by atoms with Crippen molar-refractivity contribution in [2.75, 3.05) is 5.32 Å². The lowest BCUT2D eigenvalue weighted by Gasteiger charge is -2.23. The molecule has 0 bridgehead atoms. The van der Waals surface area contributed by atoms with Gasteiger partial charge in [-0.25, -0.2) is 9.78 Å². The molecule has 0 radical (unpaired) electrons. The minimum atomic E-state index is -0.609. The summed E-state index contributed by atoms with van der Waals surface area (Å²) in [7, 11) is 0. The summed E-state index contributed by atoms with van der Waals surface area (Å²) in [5.74, 6) is 0.254. The first-order valence-electron chi connectivity index (χ1n) is 9.28. The number of nitrogens with one attached hydrogen (secondary N) is 1. The zero-order valence-corrected chi connectivity index (χ0v) is 16.6. The third-order valence-electron chi connectivity index (χ3n) is 4.47. The van der Waals surface area contributed by atoms with Crippen molar-refractivity contribution in [3.63, 3.8) is 0 Å². The largest absolute Gasteiger partial charge is 0.458 e. The summed E-state index contributed by atoms with van der Waals surface area (Å²) in [6.07, 6.45) is 2.70. The summed E-state index contributed by atoms with van der Waals surface area (Å²) in [6.45, 7) is 10.1. The number of aromatic nitrogens is 2. The lowest BCUT2D eigenvalue weighted by atomic mass is 10.1. The highest BCUT2D eigenvalue weighted by molar-refractivity contribution is 5.75. The standard InChI is InChI=1S/C21H27N3O3/c1-13-8-14(2)10-15(9-13)11-22-16-12-23-18-7-6-17(24(18)19(16)25)20(26)27-21(3,4)5/h8-10,12,17,22H,6-7,11H2,1-5H3. The molecule has 6 heteroatoms. The minimum Gasteiger partial charge on any atom is -0.458 e. The predicted molar refractivity (Wildman–Crippen MR) is 105 cm³/mol. The van der Waals surface area contributed by atoms with Gasteiger partial charge in [0.15, 0.2) is 0 Å². The number of carbonyl (C=O) groups is 1. The molecule has 0 fully saturated rings. The van der Waals surface area contributed by atoms with E-state index in [1.54, 1.807) is 6.20 Å². The van der Waals surface area contributed by atoms with Gasteiger partial charge in [-0.15, -0.1) is 0 Å². The monoisotopic (exact) mass is 369 g/mol. The summed E-state index contributed by atoms with van der Waals surface area (Å²) in [5.41, 5.74) is 3.05. The Morgan fingerprint density at radius 1 is 1.26 bits per heavy atom. The molecule has 1 N–H and O–H groups in total. The van der Waals surface area contributed by atoms with Gasteiger partial charge >= 0.3 is 5.97 Å². The molecule has 0 aliphatic carbocycles. The van der Waals surface area contributed by atoms with Crippen LogP contribution in [0.15, 0.2) is 29.2 Å². The van der Waals surface area contributed by atoms with Crippen molar-refractivity contribution in [3.8, 4) is 0 Å². The number of carbonyl (C=O) groups excluding carboxylic acids is 1. The Bertz CT molecular complexity index is 905. The van der Waals surface area contributed by atoms with Crippen LogP contribution in [0.1, 0.15) is 55.7 Å². The average molecular weight is 369 g/mol. The highest BCUT2D eigenvalue weighted by atomic mass is 16.6. The van der Waals surface area contributed by atoms with Gasteiger partial charge in [-0.2, -0.15) is 0 Å². The Morgan fingerprint density at radius 2 is 1.93 bits per heavy atom. The topological polar surface area (TPSA) is 73.2 Å². The van der Waals surface area contributed by atoms with Gasteiger partial charge in [0.2, 0.25) is 0 Å². The second-order valence-corrected chi connectivity index (χ2v) is 8.20. The smallest absolute Gasteiger partial charge is 0.329 e. The summed E-state index contributed by atoms with van der Waals surface area (Å²) in [5, 5.41) is 3.17. The molecular formula is C21H27N3O3. The van der Waals surface area contributed by atoms with Gasteiger partial charge in [-0.05, 0) is 46.6 Å². The van der Waals surface area contributed by atoms with E-state index < -0.39 is 11.6 Å². The van der Waals surface area contributed by atoms with Gasteiger partial charge in [0.05, 0.1) is 6.20 Å². The summed E-state index contributed by atoms with van der Waals surface area (Å²) in [4.78, 5) is 29.8. The number of ether oxygens (including phenoxy) is 1. The molecule has 1 aliphatic rings. The number of aryl methyl sites for hydroxylation is 3. The van der Waals surface area contributed by atoms with Crippen LogP contribution in [0.4, 0.5) is 5.69 Å². The first-order chi connectivity index (χ1) is 12.6. The van der Waals surface area contributed by atoms with Crippen molar-refractivity contribution in [1.29, 1.82) is 0 Å². The van der Waals surface area contributed by atoms with Gasteiger partial charge in [0.25, 0.3) is 5.56 Å². The first-order valence-corrected chi connectivity index (χ1v) is 9.28. The third-order valence-corrected chi connectivity index (χ3v) is 4.47. The molecule has 144 valence electrons. The van der Waals surface area contributed by atoms with Crippen molar-refractivity contribution in [2.24, 2.45) is 0 Å². The molecule has 2 heterocycles.